The first-order valence-electron chi connectivity index (χ1n) is 8.53. The van der Waals surface area contributed by atoms with E-state index in [0.717, 1.165) is 31.7 Å². The van der Waals surface area contributed by atoms with E-state index in [1.807, 2.05) is 0 Å². The van der Waals surface area contributed by atoms with Crippen molar-refractivity contribution in [2.75, 3.05) is 13.1 Å². The SMILES string of the molecule is CCCNCC(C)(CCC)CC1Cc2cc(C)ccc2O1. The second-order valence-corrected chi connectivity index (χ2v) is 7.00. The van der Waals surface area contributed by atoms with Crippen LogP contribution in [0.15, 0.2) is 18.2 Å². The van der Waals surface area contributed by atoms with Gasteiger partial charge in [0.15, 0.2) is 0 Å². The van der Waals surface area contributed by atoms with Gasteiger partial charge in [-0.15, -0.1) is 0 Å². The topological polar surface area (TPSA) is 21.3 Å². The highest BCUT2D eigenvalue weighted by Crippen LogP contribution is 2.36. The molecule has 0 fully saturated rings. The van der Waals surface area contributed by atoms with Crippen molar-refractivity contribution in [3.63, 3.8) is 0 Å². The summed E-state index contributed by atoms with van der Waals surface area (Å²) in [5, 5.41) is 3.61. The fourth-order valence-corrected chi connectivity index (χ4v) is 3.55. The molecule has 1 heterocycles. The molecular formula is C19H31NO. The van der Waals surface area contributed by atoms with Crippen LogP contribution in [0, 0.1) is 12.3 Å². The van der Waals surface area contributed by atoms with E-state index in [9.17, 15) is 0 Å². The monoisotopic (exact) mass is 289 g/mol. The molecule has 0 bridgehead atoms. The maximum atomic E-state index is 6.18. The minimum Gasteiger partial charge on any atom is -0.490 e. The number of benzene rings is 1. The molecule has 0 saturated carbocycles. The van der Waals surface area contributed by atoms with Gasteiger partial charge >= 0.3 is 0 Å². The molecule has 2 rings (SSSR count). The Kier molecular flexibility index (Phi) is 5.69. The lowest BCUT2D eigenvalue weighted by Crippen LogP contribution is -2.36. The molecule has 2 atom stereocenters. The van der Waals surface area contributed by atoms with Crippen molar-refractivity contribution in [2.24, 2.45) is 5.41 Å². The van der Waals surface area contributed by atoms with Crippen LogP contribution in [0.1, 0.15) is 57.6 Å². The van der Waals surface area contributed by atoms with Gasteiger partial charge in [0.25, 0.3) is 0 Å². The van der Waals surface area contributed by atoms with Crippen LogP contribution in [0.3, 0.4) is 0 Å². The quantitative estimate of drug-likeness (QED) is 0.712. The van der Waals surface area contributed by atoms with Gasteiger partial charge in [0.05, 0.1) is 0 Å². The van der Waals surface area contributed by atoms with Crippen molar-refractivity contribution in [3.05, 3.63) is 29.3 Å². The summed E-state index contributed by atoms with van der Waals surface area (Å²) in [5.74, 6) is 1.10. The summed E-state index contributed by atoms with van der Waals surface area (Å²) < 4.78 is 6.18. The van der Waals surface area contributed by atoms with Crippen LogP contribution in [0.25, 0.3) is 0 Å². The van der Waals surface area contributed by atoms with Crippen LogP contribution in [-0.4, -0.2) is 19.2 Å². The first-order chi connectivity index (χ1) is 10.1. The summed E-state index contributed by atoms with van der Waals surface area (Å²) in [6, 6.07) is 6.56. The predicted molar refractivity (Wildman–Crippen MR) is 90.1 cm³/mol. The standard InChI is InChI=1S/C19H31NO/c1-5-9-19(4,14-20-10-6-2)13-17-12-16-11-15(3)7-8-18(16)21-17/h7-8,11,17,20H,5-6,9-10,12-14H2,1-4H3. The lowest BCUT2D eigenvalue weighted by Gasteiger charge is -2.32. The molecule has 0 radical (unpaired) electrons. The van der Waals surface area contributed by atoms with Crippen LogP contribution in [-0.2, 0) is 6.42 Å². The van der Waals surface area contributed by atoms with E-state index in [0.29, 0.717) is 11.5 Å². The van der Waals surface area contributed by atoms with E-state index in [2.05, 4.69) is 51.2 Å². The maximum Gasteiger partial charge on any atom is 0.123 e. The van der Waals surface area contributed by atoms with E-state index >= 15 is 0 Å². The summed E-state index contributed by atoms with van der Waals surface area (Å²) in [7, 11) is 0. The summed E-state index contributed by atoms with van der Waals surface area (Å²) in [6.07, 6.45) is 6.27. The van der Waals surface area contributed by atoms with Gasteiger partial charge in [0.1, 0.15) is 11.9 Å². The van der Waals surface area contributed by atoms with Gasteiger partial charge in [-0.25, -0.2) is 0 Å². The average Bonchev–Trinajstić information content (AvgIpc) is 2.80. The van der Waals surface area contributed by atoms with Crippen molar-refractivity contribution in [3.8, 4) is 5.75 Å². The molecule has 0 amide bonds. The van der Waals surface area contributed by atoms with Gasteiger partial charge in [-0.05, 0) is 49.8 Å². The van der Waals surface area contributed by atoms with Gasteiger partial charge in [0, 0.05) is 13.0 Å². The number of hydrogen-bond donors (Lipinski definition) is 1. The molecule has 2 unspecified atom stereocenters. The Labute approximate surface area is 130 Å². The van der Waals surface area contributed by atoms with Crippen LogP contribution >= 0.6 is 0 Å². The highest BCUT2D eigenvalue weighted by atomic mass is 16.5. The third-order valence-electron chi connectivity index (χ3n) is 4.51. The largest absolute Gasteiger partial charge is 0.490 e. The van der Waals surface area contributed by atoms with E-state index in [4.69, 9.17) is 4.74 Å². The van der Waals surface area contributed by atoms with Gasteiger partial charge < -0.3 is 10.1 Å². The predicted octanol–water partition coefficient (Wildman–Crippen LogP) is 4.49. The van der Waals surface area contributed by atoms with Crippen molar-refractivity contribution in [2.45, 2.75) is 65.9 Å². The first kappa shape index (κ1) is 16.4. The smallest absolute Gasteiger partial charge is 0.123 e. The summed E-state index contributed by atoms with van der Waals surface area (Å²) in [5.41, 5.74) is 3.06. The molecule has 0 aliphatic carbocycles. The fraction of sp³-hybridized carbons (Fsp3) is 0.684. The van der Waals surface area contributed by atoms with Crippen LogP contribution in [0.2, 0.25) is 0 Å². The number of hydrogen-bond acceptors (Lipinski definition) is 2. The van der Waals surface area contributed by atoms with Gasteiger partial charge in [-0.3, -0.25) is 0 Å². The average molecular weight is 289 g/mol. The minimum atomic E-state index is 0.339. The number of ether oxygens (including phenoxy) is 1. The van der Waals surface area contributed by atoms with Crippen LogP contribution < -0.4 is 10.1 Å². The summed E-state index contributed by atoms with van der Waals surface area (Å²) in [6.45, 7) is 11.3. The molecule has 1 aromatic carbocycles. The highest BCUT2D eigenvalue weighted by molar-refractivity contribution is 5.40. The van der Waals surface area contributed by atoms with E-state index in [-0.39, 0.29) is 0 Å². The highest BCUT2D eigenvalue weighted by Gasteiger charge is 2.32. The van der Waals surface area contributed by atoms with Crippen LogP contribution in [0.5, 0.6) is 5.75 Å². The molecule has 118 valence electrons. The molecule has 1 aliphatic rings. The molecule has 2 nitrogen and oxygen atoms in total. The van der Waals surface area contributed by atoms with Crippen molar-refractivity contribution >= 4 is 0 Å². The Morgan fingerprint density at radius 2 is 2.10 bits per heavy atom. The Hall–Kier alpha value is -1.02. The second-order valence-electron chi connectivity index (χ2n) is 7.00. The van der Waals surface area contributed by atoms with E-state index < -0.39 is 0 Å². The molecular weight excluding hydrogens is 258 g/mol. The lowest BCUT2D eigenvalue weighted by atomic mass is 9.79. The van der Waals surface area contributed by atoms with E-state index in [1.54, 1.807) is 0 Å². The Bertz CT molecular complexity index is 457. The number of rotatable bonds is 8. The number of fused-ring (bicyclic) bond motifs is 1. The van der Waals surface area contributed by atoms with E-state index in [1.165, 1.54) is 30.4 Å². The van der Waals surface area contributed by atoms with Gasteiger partial charge in [-0.2, -0.15) is 0 Å². The molecule has 0 aromatic heterocycles. The molecule has 0 saturated heterocycles. The molecule has 1 aromatic rings. The number of aryl methyl sites for hydroxylation is 1. The Morgan fingerprint density at radius 3 is 2.81 bits per heavy atom. The zero-order chi connectivity index (χ0) is 15.3. The molecule has 2 heteroatoms. The van der Waals surface area contributed by atoms with Gasteiger partial charge in [0.2, 0.25) is 0 Å². The summed E-state index contributed by atoms with van der Waals surface area (Å²) in [4.78, 5) is 0. The summed E-state index contributed by atoms with van der Waals surface area (Å²) >= 11 is 0. The zero-order valence-corrected chi connectivity index (χ0v) is 14.2. The minimum absolute atomic E-state index is 0.339. The van der Waals surface area contributed by atoms with Crippen molar-refractivity contribution in [1.29, 1.82) is 0 Å². The molecule has 1 aliphatic heterocycles. The third kappa shape index (κ3) is 4.47. The maximum absolute atomic E-state index is 6.18. The second kappa shape index (κ2) is 7.31. The Morgan fingerprint density at radius 1 is 1.29 bits per heavy atom. The van der Waals surface area contributed by atoms with Crippen molar-refractivity contribution < 1.29 is 4.74 Å². The molecule has 21 heavy (non-hydrogen) atoms. The first-order valence-corrected chi connectivity index (χ1v) is 8.53. The molecule has 0 spiro atoms. The molecule has 1 N–H and O–H groups in total. The van der Waals surface area contributed by atoms with Crippen LogP contribution in [0.4, 0.5) is 0 Å². The zero-order valence-electron chi connectivity index (χ0n) is 14.2. The van der Waals surface area contributed by atoms with Crippen molar-refractivity contribution in [1.82, 2.24) is 5.32 Å². The lowest BCUT2D eigenvalue weighted by molar-refractivity contribution is 0.135. The number of nitrogens with one attached hydrogen (secondary N) is 1. The Balaban J connectivity index is 1.95. The normalized spacial score (nSPS) is 19.9. The third-order valence-corrected chi connectivity index (χ3v) is 4.51. The fourth-order valence-electron chi connectivity index (χ4n) is 3.55. The van der Waals surface area contributed by atoms with Gasteiger partial charge in [-0.1, -0.05) is 44.9 Å².